The van der Waals surface area contributed by atoms with E-state index < -0.39 is 10.2 Å². The van der Waals surface area contributed by atoms with Crippen molar-refractivity contribution in [3.8, 4) is 0 Å². The Hall–Kier alpha value is -1.25. The smallest absolute Gasteiger partial charge is 0.279 e. The highest BCUT2D eigenvalue weighted by atomic mass is 32.2. The molecular formula is C18H25N3O2S2. The second-order valence-corrected chi connectivity index (χ2v) is 9.36. The summed E-state index contributed by atoms with van der Waals surface area (Å²) in [5.41, 5.74) is 0.985. The van der Waals surface area contributed by atoms with Crippen LogP contribution in [0.2, 0.25) is 0 Å². The first kappa shape index (κ1) is 18.5. The second-order valence-electron chi connectivity index (χ2n) is 6.52. The van der Waals surface area contributed by atoms with Crippen LogP contribution < -0.4 is 4.72 Å². The molecule has 1 N–H and O–H groups in total. The highest BCUT2D eigenvalue weighted by molar-refractivity contribution is 7.87. The van der Waals surface area contributed by atoms with Crippen molar-refractivity contribution in [1.82, 2.24) is 13.9 Å². The molecule has 0 radical (unpaired) electrons. The Morgan fingerprint density at radius 1 is 1.24 bits per heavy atom. The first-order valence-corrected chi connectivity index (χ1v) is 10.9. The summed E-state index contributed by atoms with van der Waals surface area (Å²) in [7, 11) is -1.86. The molecule has 2 heterocycles. The van der Waals surface area contributed by atoms with Crippen molar-refractivity contribution in [3.05, 3.63) is 58.3 Å². The summed E-state index contributed by atoms with van der Waals surface area (Å²) in [5, 5.41) is 2.08. The van der Waals surface area contributed by atoms with Gasteiger partial charge in [0.05, 0.1) is 0 Å². The maximum atomic E-state index is 12.6. The molecule has 0 amide bonds. The number of nitrogens with one attached hydrogen (secondary N) is 1. The Morgan fingerprint density at radius 2 is 2.04 bits per heavy atom. The molecule has 1 fully saturated rings. The maximum Gasteiger partial charge on any atom is 0.279 e. The molecule has 0 bridgehead atoms. The minimum Gasteiger partial charge on any atom is -0.297 e. The summed E-state index contributed by atoms with van der Waals surface area (Å²) in [4.78, 5) is 3.66. The molecule has 2 aromatic rings. The lowest BCUT2D eigenvalue weighted by Gasteiger charge is -2.33. The van der Waals surface area contributed by atoms with Crippen LogP contribution in [0.1, 0.15) is 23.3 Å². The van der Waals surface area contributed by atoms with Crippen molar-refractivity contribution >= 4 is 21.5 Å². The third-order valence-corrected chi connectivity index (χ3v) is 6.88. The van der Waals surface area contributed by atoms with E-state index in [1.54, 1.807) is 18.4 Å². The molecular weight excluding hydrogens is 354 g/mol. The molecule has 1 aliphatic rings. The third kappa shape index (κ3) is 5.36. The van der Waals surface area contributed by atoms with Gasteiger partial charge in [-0.1, -0.05) is 36.4 Å². The van der Waals surface area contributed by atoms with Gasteiger partial charge in [0, 0.05) is 37.6 Å². The van der Waals surface area contributed by atoms with Crippen molar-refractivity contribution in [3.63, 3.8) is 0 Å². The minimum atomic E-state index is -3.48. The molecule has 1 unspecified atom stereocenters. The monoisotopic (exact) mass is 379 g/mol. The molecule has 1 saturated heterocycles. The fourth-order valence-corrected chi connectivity index (χ4v) is 5.00. The zero-order chi connectivity index (χ0) is 17.7. The fourth-order valence-electron chi connectivity index (χ4n) is 3.14. The lowest BCUT2D eigenvalue weighted by molar-refractivity contribution is 0.194. The molecule has 0 aliphatic carbocycles. The first-order valence-electron chi connectivity index (χ1n) is 8.55. The molecule has 5 nitrogen and oxygen atoms in total. The summed E-state index contributed by atoms with van der Waals surface area (Å²) < 4.78 is 29.5. The van der Waals surface area contributed by atoms with Crippen LogP contribution in [0.25, 0.3) is 0 Å². The lowest BCUT2D eigenvalue weighted by Crippen LogP contribution is -2.50. The van der Waals surface area contributed by atoms with Crippen molar-refractivity contribution in [1.29, 1.82) is 0 Å². The number of hydrogen-bond acceptors (Lipinski definition) is 4. The average Bonchev–Trinajstić information content (AvgIpc) is 3.08. The molecule has 25 heavy (non-hydrogen) atoms. The number of rotatable bonds is 7. The maximum absolute atomic E-state index is 12.6. The second kappa shape index (κ2) is 8.42. The average molecular weight is 380 g/mol. The Bertz CT molecular complexity index is 748. The van der Waals surface area contributed by atoms with Gasteiger partial charge >= 0.3 is 0 Å². The van der Waals surface area contributed by atoms with Gasteiger partial charge in [0.25, 0.3) is 10.2 Å². The van der Waals surface area contributed by atoms with Crippen LogP contribution in [-0.4, -0.2) is 43.8 Å². The zero-order valence-electron chi connectivity index (χ0n) is 14.5. The summed E-state index contributed by atoms with van der Waals surface area (Å²) in [5.74, 6) is 0. The van der Waals surface area contributed by atoms with Crippen LogP contribution in [0.3, 0.4) is 0 Å². The molecule has 0 spiro atoms. The Balaban J connectivity index is 1.56. The highest BCUT2D eigenvalue weighted by Crippen LogP contribution is 2.18. The predicted molar refractivity (Wildman–Crippen MR) is 103 cm³/mol. The molecule has 0 saturated carbocycles. The van der Waals surface area contributed by atoms with Crippen molar-refractivity contribution in [2.24, 2.45) is 0 Å². The summed E-state index contributed by atoms with van der Waals surface area (Å²) in [6, 6.07) is 13.8. The number of nitrogens with zero attached hydrogens (tertiary/aromatic N) is 2. The number of benzene rings is 1. The van der Waals surface area contributed by atoms with Crippen LogP contribution in [0.15, 0.2) is 47.8 Å². The van der Waals surface area contributed by atoms with Crippen LogP contribution in [0, 0.1) is 0 Å². The molecule has 1 aromatic carbocycles. The Labute approximate surface area is 154 Å². The van der Waals surface area contributed by atoms with E-state index in [4.69, 9.17) is 0 Å². The van der Waals surface area contributed by atoms with E-state index in [1.807, 2.05) is 30.3 Å². The van der Waals surface area contributed by atoms with E-state index in [0.717, 1.165) is 38.0 Å². The summed E-state index contributed by atoms with van der Waals surface area (Å²) >= 11 is 1.75. The normalized spacial score (nSPS) is 19.4. The van der Waals surface area contributed by atoms with Gasteiger partial charge < -0.3 is 0 Å². The van der Waals surface area contributed by atoms with Crippen LogP contribution in [0.4, 0.5) is 0 Å². The van der Waals surface area contributed by atoms with Gasteiger partial charge in [-0.2, -0.15) is 17.4 Å². The quantitative estimate of drug-likeness (QED) is 0.805. The zero-order valence-corrected chi connectivity index (χ0v) is 16.1. The topological polar surface area (TPSA) is 52.7 Å². The van der Waals surface area contributed by atoms with Gasteiger partial charge in [-0.3, -0.25) is 4.90 Å². The molecule has 3 rings (SSSR count). The number of hydrogen-bond donors (Lipinski definition) is 1. The van der Waals surface area contributed by atoms with Gasteiger partial charge in [-0.25, -0.2) is 0 Å². The van der Waals surface area contributed by atoms with E-state index in [9.17, 15) is 8.42 Å². The van der Waals surface area contributed by atoms with Gasteiger partial charge in [0.2, 0.25) is 0 Å². The van der Waals surface area contributed by atoms with E-state index in [2.05, 4.69) is 27.1 Å². The third-order valence-electron chi connectivity index (χ3n) is 4.44. The molecule has 1 atom stereocenters. The fraction of sp³-hybridized carbons (Fsp3) is 0.444. The number of thiophene rings is 1. The van der Waals surface area contributed by atoms with Gasteiger partial charge in [-0.05, 0) is 36.4 Å². The molecule has 136 valence electrons. The van der Waals surface area contributed by atoms with E-state index in [0.29, 0.717) is 6.54 Å². The minimum absolute atomic E-state index is 0.0306. The predicted octanol–water partition coefficient (Wildman–Crippen LogP) is 2.68. The van der Waals surface area contributed by atoms with E-state index in [-0.39, 0.29) is 6.04 Å². The Morgan fingerprint density at radius 3 is 2.76 bits per heavy atom. The van der Waals surface area contributed by atoms with Crippen molar-refractivity contribution in [2.45, 2.75) is 32.0 Å². The van der Waals surface area contributed by atoms with Crippen LogP contribution in [-0.2, 0) is 23.3 Å². The number of piperidine rings is 1. The molecule has 7 heteroatoms. The van der Waals surface area contributed by atoms with Gasteiger partial charge in [-0.15, -0.1) is 11.3 Å². The Kier molecular flexibility index (Phi) is 6.24. The standard InChI is InChI=1S/C18H25N3O2S2/c1-20(13-16-7-3-2-4-8-16)25(22,23)19-17-9-5-11-21(14-17)15-18-10-6-12-24-18/h2-4,6-8,10,12,17,19H,5,9,11,13-15H2,1H3. The SMILES string of the molecule is CN(Cc1ccccc1)S(=O)(=O)NC1CCCN(Cc2cccs2)C1. The van der Waals surface area contributed by atoms with Crippen LogP contribution >= 0.6 is 11.3 Å². The van der Waals surface area contributed by atoms with Gasteiger partial charge in [0.1, 0.15) is 0 Å². The van der Waals surface area contributed by atoms with Crippen molar-refractivity contribution in [2.75, 3.05) is 20.1 Å². The summed E-state index contributed by atoms with van der Waals surface area (Å²) in [6.07, 6.45) is 1.90. The first-order chi connectivity index (χ1) is 12.0. The van der Waals surface area contributed by atoms with Crippen LogP contribution in [0.5, 0.6) is 0 Å². The van der Waals surface area contributed by atoms with Crippen molar-refractivity contribution < 1.29 is 8.42 Å². The summed E-state index contributed by atoms with van der Waals surface area (Å²) in [6.45, 7) is 3.06. The lowest BCUT2D eigenvalue weighted by atomic mass is 10.1. The largest absolute Gasteiger partial charge is 0.297 e. The molecule has 1 aliphatic heterocycles. The molecule has 1 aromatic heterocycles. The van der Waals surface area contributed by atoms with E-state index >= 15 is 0 Å². The van der Waals surface area contributed by atoms with Gasteiger partial charge in [0.15, 0.2) is 0 Å². The highest BCUT2D eigenvalue weighted by Gasteiger charge is 2.26. The number of likely N-dealkylation sites (tertiary alicyclic amines) is 1. The van der Waals surface area contributed by atoms with E-state index in [1.165, 1.54) is 9.18 Å².